The maximum atomic E-state index is 12.7. The average molecular weight is 292 g/mol. The molecule has 1 aromatic carbocycles. The van der Waals surface area contributed by atoms with E-state index in [2.05, 4.69) is 10.6 Å². The summed E-state index contributed by atoms with van der Waals surface area (Å²) < 4.78 is 43.0. The molecule has 0 spiro atoms. The van der Waals surface area contributed by atoms with Gasteiger partial charge in [-0.15, -0.1) is 0 Å². The van der Waals surface area contributed by atoms with Crippen LogP contribution in [0.2, 0.25) is 0 Å². The Morgan fingerprint density at radius 3 is 2.63 bits per heavy atom. The summed E-state index contributed by atoms with van der Waals surface area (Å²) in [4.78, 5) is 0. The van der Waals surface area contributed by atoms with Crippen LogP contribution in [0.15, 0.2) is 18.2 Å². The third-order valence-corrected chi connectivity index (χ3v) is 2.64. The predicted octanol–water partition coefficient (Wildman–Crippen LogP) is 2.95. The van der Waals surface area contributed by atoms with Crippen LogP contribution >= 0.6 is 12.2 Å². The second-order valence-corrected chi connectivity index (χ2v) is 4.31. The van der Waals surface area contributed by atoms with Crippen molar-refractivity contribution in [3.05, 3.63) is 29.3 Å². The minimum Gasteiger partial charge on any atom is -0.383 e. The number of halogens is 3. The standard InChI is InChI=1S/C12H15F3N2OS/c1-8-3-4-9(7-10(8)12(13,14)15)17-11(19)16-5-6-18-2/h3-4,7H,5-6H2,1-2H3,(H2,16,17,19). The van der Waals surface area contributed by atoms with Crippen molar-refractivity contribution < 1.29 is 17.9 Å². The first-order valence-corrected chi connectivity index (χ1v) is 5.97. The molecule has 0 fully saturated rings. The van der Waals surface area contributed by atoms with Gasteiger partial charge in [0.25, 0.3) is 0 Å². The highest BCUT2D eigenvalue weighted by Crippen LogP contribution is 2.33. The van der Waals surface area contributed by atoms with Crippen LogP contribution in [0.5, 0.6) is 0 Å². The lowest BCUT2D eigenvalue weighted by Crippen LogP contribution is -2.31. The lowest BCUT2D eigenvalue weighted by Gasteiger charge is -2.14. The molecule has 7 heteroatoms. The number of aryl methyl sites for hydroxylation is 1. The van der Waals surface area contributed by atoms with E-state index in [1.54, 1.807) is 13.2 Å². The second kappa shape index (κ2) is 6.72. The van der Waals surface area contributed by atoms with Crippen molar-refractivity contribution in [3.8, 4) is 0 Å². The molecular formula is C12H15F3N2OS. The van der Waals surface area contributed by atoms with Crippen LogP contribution in [0.4, 0.5) is 18.9 Å². The molecule has 1 aromatic rings. The number of thiocarbonyl (C=S) groups is 1. The Labute approximate surface area is 115 Å². The van der Waals surface area contributed by atoms with Gasteiger partial charge >= 0.3 is 6.18 Å². The SMILES string of the molecule is COCCNC(=S)Nc1ccc(C)c(C(F)(F)F)c1. The van der Waals surface area contributed by atoms with Gasteiger partial charge in [0.15, 0.2) is 5.11 Å². The van der Waals surface area contributed by atoms with Gasteiger partial charge in [-0.1, -0.05) is 6.07 Å². The van der Waals surface area contributed by atoms with Crippen LogP contribution < -0.4 is 10.6 Å². The summed E-state index contributed by atoms with van der Waals surface area (Å²) in [7, 11) is 1.55. The van der Waals surface area contributed by atoms with Gasteiger partial charge in [0, 0.05) is 19.3 Å². The number of hydrogen-bond donors (Lipinski definition) is 2. The first-order chi connectivity index (χ1) is 8.84. The number of anilines is 1. The van der Waals surface area contributed by atoms with Crippen LogP contribution in [-0.4, -0.2) is 25.4 Å². The number of alkyl halides is 3. The molecule has 0 radical (unpaired) electrons. The number of rotatable bonds is 4. The van der Waals surface area contributed by atoms with Gasteiger partial charge in [-0.25, -0.2) is 0 Å². The Morgan fingerprint density at radius 1 is 1.37 bits per heavy atom. The molecule has 0 saturated carbocycles. The maximum Gasteiger partial charge on any atom is 0.416 e. The van der Waals surface area contributed by atoms with Crippen molar-refractivity contribution in [1.82, 2.24) is 5.32 Å². The number of methoxy groups -OCH3 is 1. The van der Waals surface area contributed by atoms with Crippen molar-refractivity contribution >= 4 is 23.0 Å². The molecule has 3 nitrogen and oxygen atoms in total. The topological polar surface area (TPSA) is 33.3 Å². The van der Waals surface area contributed by atoms with Crippen LogP contribution in [-0.2, 0) is 10.9 Å². The van der Waals surface area contributed by atoms with Crippen molar-refractivity contribution in [3.63, 3.8) is 0 Å². The summed E-state index contributed by atoms with van der Waals surface area (Å²) in [6.07, 6.45) is -4.37. The monoisotopic (exact) mass is 292 g/mol. The summed E-state index contributed by atoms with van der Waals surface area (Å²) in [6.45, 7) is 2.37. The van der Waals surface area contributed by atoms with E-state index in [4.69, 9.17) is 17.0 Å². The summed E-state index contributed by atoms with van der Waals surface area (Å²) in [5.41, 5.74) is -0.193. The summed E-state index contributed by atoms with van der Waals surface area (Å²) in [6, 6.07) is 4.00. The fourth-order valence-corrected chi connectivity index (χ4v) is 1.67. The van der Waals surface area contributed by atoms with E-state index in [-0.39, 0.29) is 10.7 Å². The molecule has 0 aliphatic carbocycles. The fraction of sp³-hybridized carbons (Fsp3) is 0.417. The van der Waals surface area contributed by atoms with E-state index in [9.17, 15) is 13.2 Å². The van der Waals surface area contributed by atoms with Crippen LogP contribution in [0.25, 0.3) is 0 Å². The fourth-order valence-electron chi connectivity index (χ4n) is 1.45. The normalized spacial score (nSPS) is 11.2. The molecule has 0 aromatic heterocycles. The molecule has 0 bridgehead atoms. The van der Waals surface area contributed by atoms with Crippen LogP contribution in [0, 0.1) is 6.92 Å². The molecule has 106 valence electrons. The lowest BCUT2D eigenvalue weighted by molar-refractivity contribution is -0.138. The molecule has 0 saturated heterocycles. The van der Waals surface area contributed by atoms with Crippen LogP contribution in [0.3, 0.4) is 0 Å². The molecule has 0 atom stereocenters. The van der Waals surface area contributed by atoms with E-state index in [0.717, 1.165) is 6.07 Å². The first-order valence-electron chi connectivity index (χ1n) is 5.56. The zero-order chi connectivity index (χ0) is 14.5. The van der Waals surface area contributed by atoms with E-state index >= 15 is 0 Å². The van der Waals surface area contributed by atoms with E-state index in [0.29, 0.717) is 18.8 Å². The second-order valence-electron chi connectivity index (χ2n) is 3.90. The zero-order valence-electron chi connectivity index (χ0n) is 10.6. The Morgan fingerprint density at radius 2 is 2.05 bits per heavy atom. The summed E-state index contributed by atoms with van der Waals surface area (Å²) in [5.74, 6) is 0. The minimum atomic E-state index is -4.37. The molecule has 1 rings (SSSR count). The zero-order valence-corrected chi connectivity index (χ0v) is 11.4. The lowest BCUT2D eigenvalue weighted by atomic mass is 10.1. The molecule has 0 aliphatic heterocycles. The maximum absolute atomic E-state index is 12.7. The third-order valence-electron chi connectivity index (χ3n) is 2.39. The van der Waals surface area contributed by atoms with Crippen LogP contribution in [0.1, 0.15) is 11.1 Å². The molecule has 0 unspecified atom stereocenters. The van der Waals surface area contributed by atoms with Crippen molar-refractivity contribution in [2.24, 2.45) is 0 Å². The molecule has 2 N–H and O–H groups in total. The average Bonchev–Trinajstić information content (AvgIpc) is 2.30. The van der Waals surface area contributed by atoms with Gasteiger partial charge < -0.3 is 15.4 Å². The molecule has 19 heavy (non-hydrogen) atoms. The van der Waals surface area contributed by atoms with Crippen molar-refractivity contribution in [1.29, 1.82) is 0 Å². The van der Waals surface area contributed by atoms with Crippen molar-refractivity contribution in [2.75, 3.05) is 25.6 Å². The summed E-state index contributed by atoms with van der Waals surface area (Å²) in [5, 5.41) is 5.78. The number of hydrogen-bond acceptors (Lipinski definition) is 2. The van der Waals surface area contributed by atoms with Gasteiger partial charge in [0.2, 0.25) is 0 Å². The van der Waals surface area contributed by atoms with E-state index in [1.807, 2.05) is 0 Å². The molecule has 0 aliphatic rings. The van der Waals surface area contributed by atoms with Crippen molar-refractivity contribution in [2.45, 2.75) is 13.1 Å². The van der Waals surface area contributed by atoms with E-state index < -0.39 is 11.7 Å². The third kappa shape index (κ3) is 5.04. The van der Waals surface area contributed by atoms with Gasteiger partial charge in [0.1, 0.15) is 0 Å². The smallest absolute Gasteiger partial charge is 0.383 e. The van der Waals surface area contributed by atoms with Gasteiger partial charge in [-0.2, -0.15) is 13.2 Å². The Kier molecular flexibility index (Phi) is 5.56. The van der Waals surface area contributed by atoms with Gasteiger partial charge in [-0.3, -0.25) is 0 Å². The first kappa shape index (κ1) is 15.7. The van der Waals surface area contributed by atoms with Gasteiger partial charge in [0.05, 0.1) is 12.2 Å². The Bertz CT molecular complexity index is 449. The molecule has 0 amide bonds. The molecular weight excluding hydrogens is 277 g/mol. The minimum absolute atomic E-state index is 0.177. The number of benzene rings is 1. The van der Waals surface area contributed by atoms with Gasteiger partial charge in [-0.05, 0) is 36.8 Å². The predicted molar refractivity (Wildman–Crippen MR) is 72.3 cm³/mol. The largest absolute Gasteiger partial charge is 0.416 e. The highest BCUT2D eigenvalue weighted by atomic mass is 32.1. The van der Waals surface area contributed by atoms with E-state index in [1.165, 1.54) is 13.0 Å². The Balaban J connectivity index is 2.72. The highest BCUT2D eigenvalue weighted by molar-refractivity contribution is 7.80. The number of nitrogens with one attached hydrogen (secondary N) is 2. The highest BCUT2D eigenvalue weighted by Gasteiger charge is 2.32. The Hall–Kier alpha value is -1.34. The quantitative estimate of drug-likeness (QED) is 0.660. The summed E-state index contributed by atoms with van der Waals surface area (Å²) >= 11 is 4.96. The number of ether oxygens (including phenoxy) is 1. The molecule has 0 heterocycles.